The standard InChI is InChI=1S/C14H12BrNO3/c15-9-11-5-7-13(8-6-11)19-10-12-3-1-2-4-14(12)16(17)18/h1-8H,9-10H2. The number of nitro groups is 1. The van der Waals surface area contributed by atoms with Gasteiger partial charge in [-0.15, -0.1) is 0 Å². The molecule has 0 atom stereocenters. The Hall–Kier alpha value is -1.88. The molecule has 5 heteroatoms. The second-order valence-electron chi connectivity index (χ2n) is 3.95. The molecule has 0 saturated carbocycles. The lowest BCUT2D eigenvalue weighted by Crippen LogP contribution is -2.00. The summed E-state index contributed by atoms with van der Waals surface area (Å²) in [5, 5.41) is 11.7. The van der Waals surface area contributed by atoms with E-state index >= 15 is 0 Å². The van der Waals surface area contributed by atoms with Gasteiger partial charge >= 0.3 is 0 Å². The quantitative estimate of drug-likeness (QED) is 0.474. The maximum absolute atomic E-state index is 10.9. The van der Waals surface area contributed by atoms with Crippen LogP contribution in [-0.2, 0) is 11.9 Å². The average Bonchev–Trinajstić information content (AvgIpc) is 2.46. The van der Waals surface area contributed by atoms with Gasteiger partial charge in [-0.25, -0.2) is 0 Å². The van der Waals surface area contributed by atoms with Gasteiger partial charge in [-0.05, 0) is 23.8 Å². The van der Waals surface area contributed by atoms with E-state index in [0.29, 0.717) is 11.3 Å². The van der Waals surface area contributed by atoms with E-state index in [4.69, 9.17) is 4.74 Å². The molecule has 2 rings (SSSR count). The summed E-state index contributed by atoms with van der Waals surface area (Å²) in [6, 6.07) is 14.2. The lowest BCUT2D eigenvalue weighted by molar-refractivity contribution is -0.385. The van der Waals surface area contributed by atoms with Crippen molar-refractivity contribution >= 4 is 21.6 Å². The number of para-hydroxylation sites is 1. The Balaban J connectivity index is 2.07. The second-order valence-corrected chi connectivity index (χ2v) is 4.51. The fraction of sp³-hybridized carbons (Fsp3) is 0.143. The van der Waals surface area contributed by atoms with Gasteiger partial charge in [-0.1, -0.05) is 40.2 Å². The van der Waals surface area contributed by atoms with E-state index in [2.05, 4.69) is 15.9 Å². The number of benzene rings is 2. The summed E-state index contributed by atoms with van der Waals surface area (Å²) in [6.45, 7) is 0.185. The zero-order chi connectivity index (χ0) is 13.7. The molecule has 0 heterocycles. The highest BCUT2D eigenvalue weighted by Crippen LogP contribution is 2.21. The van der Waals surface area contributed by atoms with Crippen LogP contribution in [-0.4, -0.2) is 4.92 Å². The Labute approximate surface area is 119 Å². The van der Waals surface area contributed by atoms with Crippen molar-refractivity contribution in [2.75, 3.05) is 0 Å². The predicted octanol–water partition coefficient (Wildman–Crippen LogP) is 4.07. The van der Waals surface area contributed by atoms with Gasteiger partial charge in [0.2, 0.25) is 0 Å². The molecule has 0 aliphatic rings. The number of halogens is 1. The molecule has 98 valence electrons. The fourth-order valence-corrected chi connectivity index (χ4v) is 2.02. The summed E-state index contributed by atoms with van der Waals surface area (Å²) in [7, 11) is 0. The zero-order valence-electron chi connectivity index (χ0n) is 10.1. The Morgan fingerprint density at radius 2 is 1.79 bits per heavy atom. The van der Waals surface area contributed by atoms with Gasteiger partial charge in [-0.2, -0.15) is 0 Å². The summed E-state index contributed by atoms with van der Waals surface area (Å²) in [6.07, 6.45) is 0. The van der Waals surface area contributed by atoms with Crippen LogP contribution in [0.4, 0.5) is 5.69 Å². The summed E-state index contributed by atoms with van der Waals surface area (Å²) in [5.41, 5.74) is 1.80. The van der Waals surface area contributed by atoms with Crippen molar-refractivity contribution in [1.29, 1.82) is 0 Å². The molecule has 2 aromatic carbocycles. The van der Waals surface area contributed by atoms with Crippen LogP contribution in [0.25, 0.3) is 0 Å². The maximum atomic E-state index is 10.9. The van der Waals surface area contributed by atoms with E-state index in [1.165, 1.54) is 6.07 Å². The molecule has 0 unspecified atom stereocenters. The highest BCUT2D eigenvalue weighted by Gasteiger charge is 2.12. The third-order valence-corrected chi connectivity index (χ3v) is 3.31. The number of hydrogen-bond acceptors (Lipinski definition) is 3. The molecule has 0 spiro atoms. The van der Waals surface area contributed by atoms with Crippen LogP contribution in [0.15, 0.2) is 48.5 Å². The number of nitro benzene ring substituents is 1. The van der Waals surface area contributed by atoms with Gasteiger partial charge in [-0.3, -0.25) is 10.1 Å². The minimum absolute atomic E-state index is 0.0829. The highest BCUT2D eigenvalue weighted by molar-refractivity contribution is 9.08. The topological polar surface area (TPSA) is 52.4 Å². The summed E-state index contributed by atoms with van der Waals surface area (Å²) >= 11 is 3.37. The molecule has 0 aliphatic carbocycles. The number of hydrogen-bond donors (Lipinski definition) is 0. The monoisotopic (exact) mass is 321 g/mol. The molecule has 4 nitrogen and oxygen atoms in total. The molecule has 0 N–H and O–H groups in total. The molecule has 2 aromatic rings. The summed E-state index contributed by atoms with van der Waals surface area (Å²) in [4.78, 5) is 10.5. The van der Waals surface area contributed by atoms with Crippen molar-refractivity contribution in [3.8, 4) is 5.75 Å². The van der Waals surface area contributed by atoms with E-state index in [1.54, 1.807) is 18.2 Å². The smallest absolute Gasteiger partial charge is 0.276 e. The normalized spacial score (nSPS) is 10.2. The number of alkyl halides is 1. The van der Waals surface area contributed by atoms with Crippen molar-refractivity contribution < 1.29 is 9.66 Å². The van der Waals surface area contributed by atoms with Gasteiger partial charge in [0, 0.05) is 11.4 Å². The van der Waals surface area contributed by atoms with Gasteiger partial charge in [0.25, 0.3) is 5.69 Å². The molecular weight excluding hydrogens is 310 g/mol. The molecule has 0 fully saturated rings. The molecule has 19 heavy (non-hydrogen) atoms. The molecule has 0 saturated heterocycles. The molecule has 0 radical (unpaired) electrons. The fourth-order valence-electron chi connectivity index (χ4n) is 1.65. The van der Waals surface area contributed by atoms with E-state index in [0.717, 1.165) is 10.9 Å². The van der Waals surface area contributed by atoms with Crippen molar-refractivity contribution in [1.82, 2.24) is 0 Å². The zero-order valence-corrected chi connectivity index (χ0v) is 11.7. The first kappa shape index (κ1) is 13.5. The van der Waals surface area contributed by atoms with E-state index in [-0.39, 0.29) is 12.3 Å². The molecule has 0 aromatic heterocycles. The van der Waals surface area contributed by atoms with Gasteiger partial charge < -0.3 is 4.74 Å². The maximum Gasteiger partial charge on any atom is 0.276 e. The third-order valence-electron chi connectivity index (χ3n) is 2.66. The number of rotatable bonds is 5. The first-order chi connectivity index (χ1) is 9.20. The molecule has 0 bridgehead atoms. The molecule has 0 aliphatic heterocycles. The molecular formula is C14H12BrNO3. The second kappa shape index (κ2) is 6.33. The Morgan fingerprint density at radius 1 is 1.11 bits per heavy atom. The largest absolute Gasteiger partial charge is 0.489 e. The van der Waals surface area contributed by atoms with Crippen LogP contribution >= 0.6 is 15.9 Å². The minimum Gasteiger partial charge on any atom is -0.489 e. The van der Waals surface area contributed by atoms with Crippen molar-refractivity contribution in [3.63, 3.8) is 0 Å². The first-order valence-corrected chi connectivity index (χ1v) is 6.83. The summed E-state index contributed by atoms with van der Waals surface area (Å²) in [5.74, 6) is 0.697. The average molecular weight is 322 g/mol. The minimum atomic E-state index is -0.396. The van der Waals surface area contributed by atoms with Crippen LogP contribution in [0.5, 0.6) is 5.75 Å². The van der Waals surface area contributed by atoms with Gasteiger partial charge in [0.15, 0.2) is 0 Å². The van der Waals surface area contributed by atoms with Crippen molar-refractivity contribution in [2.45, 2.75) is 11.9 Å². The Bertz CT molecular complexity index is 569. The van der Waals surface area contributed by atoms with Crippen LogP contribution in [0.3, 0.4) is 0 Å². The summed E-state index contributed by atoms with van der Waals surface area (Å²) < 4.78 is 5.56. The van der Waals surface area contributed by atoms with Crippen LogP contribution in [0, 0.1) is 10.1 Å². The Kier molecular flexibility index (Phi) is 4.52. The van der Waals surface area contributed by atoms with E-state index in [9.17, 15) is 10.1 Å². The van der Waals surface area contributed by atoms with Crippen LogP contribution in [0.2, 0.25) is 0 Å². The van der Waals surface area contributed by atoms with Crippen LogP contribution in [0.1, 0.15) is 11.1 Å². The highest BCUT2D eigenvalue weighted by atomic mass is 79.9. The van der Waals surface area contributed by atoms with Crippen molar-refractivity contribution in [3.05, 3.63) is 69.8 Å². The Morgan fingerprint density at radius 3 is 2.42 bits per heavy atom. The lowest BCUT2D eigenvalue weighted by atomic mass is 10.2. The predicted molar refractivity (Wildman–Crippen MR) is 76.5 cm³/mol. The first-order valence-electron chi connectivity index (χ1n) is 5.70. The number of ether oxygens (including phenoxy) is 1. The van der Waals surface area contributed by atoms with Gasteiger partial charge in [0.05, 0.1) is 10.5 Å². The van der Waals surface area contributed by atoms with E-state index < -0.39 is 4.92 Å². The van der Waals surface area contributed by atoms with Gasteiger partial charge in [0.1, 0.15) is 12.4 Å². The lowest BCUT2D eigenvalue weighted by Gasteiger charge is -2.07. The van der Waals surface area contributed by atoms with Crippen LogP contribution < -0.4 is 4.74 Å². The molecule has 0 amide bonds. The SMILES string of the molecule is O=[N+]([O-])c1ccccc1COc1ccc(CBr)cc1. The third kappa shape index (κ3) is 3.54. The number of nitrogens with zero attached hydrogens (tertiary/aromatic N) is 1. The van der Waals surface area contributed by atoms with E-state index in [1.807, 2.05) is 24.3 Å². The van der Waals surface area contributed by atoms with Crippen molar-refractivity contribution in [2.24, 2.45) is 0 Å².